The summed E-state index contributed by atoms with van der Waals surface area (Å²) in [6.07, 6.45) is 7.48. The van der Waals surface area contributed by atoms with E-state index in [-0.39, 0.29) is 17.4 Å². The lowest BCUT2D eigenvalue weighted by Gasteiger charge is -2.20. The van der Waals surface area contributed by atoms with Crippen LogP contribution in [-0.2, 0) is 0 Å². The van der Waals surface area contributed by atoms with E-state index in [9.17, 15) is 14.4 Å². The molecule has 0 unspecified atom stereocenters. The molecule has 3 heterocycles. The fraction of sp³-hybridized carbons (Fsp3) is 0.318. The molecule has 158 valence electrons. The molecule has 3 atom stereocenters. The second-order valence-electron chi connectivity index (χ2n) is 8.11. The SMILES string of the molecule is O=C(O)c1cccc(C(=O)N2C[C@@H]3[C@@H](CCNC(=O)c4cnc5nccn5c4)[C@@H]3C2)c1. The number of carbonyl (C=O) groups is 3. The Labute approximate surface area is 177 Å². The number of piperidine rings is 1. The van der Waals surface area contributed by atoms with Gasteiger partial charge in [0.1, 0.15) is 0 Å². The van der Waals surface area contributed by atoms with Gasteiger partial charge in [-0.15, -0.1) is 0 Å². The van der Waals surface area contributed by atoms with Crippen LogP contribution in [0, 0.1) is 17.8 Å². The maximum absolute atomic E-state index is 12.7. The molecule has 1 aliphatic heterocycles. The summed E-state index contributed by atoms with van der Waals surface area (Å²) in [7, 11) is 0. The largest absolute Gasteiger partial charge is 0.478 e. The summed E-state index contributed by atoms with van der Waals surface area (Å²) in [6, 6.07) is 6.16. The highest BCUT2D eigenvalue weighted by Crippen LogP contribution is 2.53. The second kappa shape index (κ2) is 7.50. The van der Waals surface area contributed by atoms with Gasteiger partial charge >= 0.3 is 5.97 Å². The summed E-state index contributed by atoms with van der Waals surface area (Å²) in [6.45, 7) is 1.94. The number of hydrogen-bond donors (Lipinski definition) is 2. The molecule has 2 aliphatic rings. The fourth-order valence-electron chi connectivity index (χ4n) is 4.60. The van der Waals surface area contributed by atoms with E-state index in [1.54, 1.807) is 40.0 Å². The van der Waals surface area contributed by atoms with Gasteiger partial charge in [0.05, 0.1) is 11.1 Å². The number of aromatic carboxylic acids is 1. The number of fused-ring (bicyclic) bond motifs is 2. The van der Waals surface area contributed by atoms with Gasteiger partial charge in [0.25, 0.3) is 11.8 Å². The van der Waals surface area contributed by atoms with Crippen LogP contribution in [0.3, 0.4) is 0 Å². The molecule has 0 spiro atoms. The van der Waals surface area contributed by atoms with Gasteiger partial charge in [-0.2, -0.15) is 0 Å². The van der Waals surface area contributed by atoms with Crippen molar-refractivity contribution in [2.45, 2.75) is 6.42 Å². The molecule has 9 nitrogen and oxygen atoms in total. The van der Waals surface area contributed by atoms with Gasteiger partial charge in [0.2, 0.25) is 5.78 Å². The van der Waals surface area contributed by atoms with E-state index in [0.717, 1.165) is 6.42 Å². The number of nitrogens with one attached hydrogen (secondary N) is 1. The maximum Gasteiger partial charge on any atom is 0.335 e. The Bertz CT molecular complexity index is 1180. The summed E-state index contributed by atoms with van der Waals surface area (Å²) in [4.78, 5) is 46.2. The van der Waals surface area contributed by atoms with Gasteiger partial charge in [0, 0.05) is 50.0 Å². The molecule has 3 aromatic rings. The second-order valence-corrected chi connectivity index (χ2v) is 8.11. The van der Waals surface area contributed by atoms with Crippen molar-refractivity contribution in [1.29, 1.82) is 0 Å². The molecule has 5 rings (SSSR count). The minimum absolute atomic E-state index is 0.117. The van der Waals surface area contributed by atoms with Crippen LogP contribution in [0.4, 0.5) is 0 Å². The zero-order valence-electron chi connectivity index (χ0n) is 16.6. The number of benzene rings is 1. The van der Waals surface area contributed by atoms with E-state index in [0.29, 0.717) is 54.3 Å². The van der Waals surface area contributed by atoms with Gasteiger partial charge < -0.3 is 15.3 Å². The molecule has 1 aliphatic carbocycles. The first-order valence-corrected chi connectivity index (χ1v) is 10.2. The van der Waals surface area contributed by atoms with Gasteiger partial charge in [-0.25, -0.2) is 14.8 Å². The molecule has 0 radical (unpaired) electrons. The number of carbonyl (C=O) groups excluding carboxylic acids is 2. The summed E-state index contributed by atoms with van der Waals surface area (Å²) in [5.41, 5.74) is 1.02. The lowest BCUT2D eigenvalue weighted by molar-refractivity contribution is 0.0696. The van der Waals surface area contributed by atoms with E-state index in [1.165, 1.54) is 18.3 Å². The summed E-state index contributed by atoms with van der Waals surface area (Å²) in [5.74, 6) is 0.635. The summed E-state index contributed by atoms with van der Waals surface area (Å²) < 4.78 is 1.71. The van der Waals surface area contributed by atoms with E-state index >= 15 is 0 Å². The Morgan fingerprint density at radius 2 is 1.87 bits per heavy atom. The highest BCUT2D eigenvalue weighted by molar-refractivity contribution is 5.97. The lowest BCUT2D eigenvalue weighted by Crippen LogP contribution is -2.32. The summed E-state index contributed by atoms with van der Waals surface area (Å²) in [5, 5.41) is 12.1. The number of aromatic nitrogens is 3. The molecule has 2 N–H and O–H groups in total. The molecular formula is C22H21N5O4. The maximum atomic E-state index is 12.7. The molecule has 1 saturated carbocycles. The number of likely N-dealkylation sites (tertiary alicyclic amines) is 1. The molecular weight excluding hydrogens is 398 g/mol. The van der Waals surface area contributed by atoms with Crippen molar-refractivity contribution in [3.05, 3.63) is 65.7 Å². The van der Waals surface area contributed by atoms with Crippen LogP contribution in [0.2, 0.25) is 0 Å². The lowest BCUT2D eigenvalue weighted by atomic mass is 10.1. The van der Waals surface area contributed by atoms with Crippen LogP contribution >= 0.6 is 0 Å². The number of amides is 2. The first-order chi connectivity index (χ1) is 15.0. The van der Waals surface area contributed by atoms with E-state index < -0.39 is 5.97 Å². The Morgan fingerprint density at radius 1 is 1.10 bits per heavy atom. The van der Waals surface area contributed by atoms with Crippen molar-refractivity contribution < 1.29 is 19.5 Å². The molecule has 1 aromatic carbocycles. The topological polar surface area (TPSA) is 117 Å². The Hall–Kier alpha value is -3.75. The first kappa shape index (κ1) is 19.2. The average Bonchev–Trinajstić information content (AvgIpc) is 3.15. The zero-order valence-corrected chi connectivity index (χ0v) is 16.6. The van der Waals surface area contributed by atoms with Crippen LogP contribution in [0.25, 0.3) is 5.78 Å². The number of imidazole rings is 1. The van der Waals surface area contributed by atoms with Crippen molar-refractivity contribution in [3.8, 4) is 0 Å². The minimum Gasteiger partial charge on any atom is -0.478 e. The monoisotopic (exact) mass is 419 g/mol. The van der Waals surface area contributed by atoms with Crippen molar-refractivity contribution in [1.82, 2.24) is 24.6 Å². The van der Waals surface area contributed by atoms with Gasteiger partial charge in [-0.05, 0) is 42.4 Å². The quantitative estimate of drug-likeness (QED) is 0.626. The number of carboxylic acids is 1. The molecule has 0 bridgehead atoms. The van der Waals surface area contributed by atoms with E-state index in [2.05, 4.69) is 15.3 Å². The Morgan fingerprint density at radius 3 is 2.65 bits per heavy atom. The Balaban J connectivity index is 1.10. The third-order valence-electron chi connectivity index (χ3n) is 6.29. The van der Waals surface area contributed by atoms with Crippen molar-refractivity contribution in [3.63, 3.8) is 0 Å². The van der Waals surface area contributed by atoms with Crippen LogP contribution in [0.1, 0.15) is 37.5 Å². The molecule has 2 aromatic heterocycles. The average molecular weight is 419 g/mol. The zero-order chi connectivity index (χ0) is 21.5. The normalized spacial score (nSPS) is 21.7. The predicted octanol–water partition coefficient (Wildman–Crippen LogP) is 1.57. The number of rotatable bonds is 6. The third-order valence-corrected chi connectivity index (χ3v) is 6.29. The number of hydrogen-bond acceptors (Lipinski definition) is 5. The van der Waals surface area contributed by atoms with Gasteiger partial charge in [-0.3, -0.25) is 14.0 Å². The third kappa shape index (κ3) is 3.63. The number of carboxylic acid groups (broad SMARTS) is 1. The highest BCUT2D eigenvalue weighted by atomic mass is 16.4. The van der Waals surface area contributed by atoms with Crippen LogP contribution in [0.5, 0.6) is 0 Å². The molecule has 31 heavy (non-hydrogen) atoms. The summed E-state index contributed by atoms with van der Waals surface area (Å²) >= 11 is 0. The van der Waals surface area contributed by atoms with Crippen LogP contribution < -0.4 is 5.32 Å². The minimum atomic E-state index is -1.04. The van der Waals surface area contributed by atoms with Gasteiger partial charge in [0.15, 0.2) is 0 Å². The number of nitrogens with zero attached hydrogens (tertiary/aromatic N) is 4. The smallest absolute Gasteiger partial charge is 0.335 e. The van der Waals surface area contributed by atoms with E-state index in [4.69, 9.17) is 5.11 Å². The van der Waals surface area contributed by atoms with Gasteiger partial charge in [-0.1, -0.05) is 6.07 Å². The standard InChI is InChI=1S/C22H21N5O4/c28-19(15-9-25-22-24-6-7-26(22)10-15)23-5-4-16-17-11-27(12-18(16)17)20(29)13-2-1-3-14(8-13)21(30)31/h1-3,6-10,16-18H,4-5,11-12H2,(H,23,28)(H,30,31)/t16-,17-,18+. The van der Waals surface area contributed by atoms with Crippen molar-refractivity contribution in [2.75, 3.05) is 19.6 Å². The van der Waals surface area contributed by atoms with Crippen LogP contribution in [0.15, 0.2) is 49.1 Å². The predicted molar refractivity (Wildman–Crippen MR) is 110 cm³/mol. The molecule has 2 fully saturated rings. The van der Waals surface area contributed by atoms with Crippen LogP contribution in [-0.4, -0.2) is 61.8 Å². The Kier molecular flexibility index (Phi) is 4.65. The highest BCUT2D eigenvalue weighted by Gasteiger charge is 2.55. The molecule has 1 saturated heterocycles. The molecule has 2 amide bonds. The van der Waals surface area contributed by atoms with Crippen molar-refractivity contribution >= 4 is 23.6 Å². The van der Waals surface area contributed by atoms with E-state index in [1.807, 2.05) is 0 Å². The fourth-order valence-corrected chi connectivity index (χ4v) is 4.60. The first-order valence-electron chi connectivity index (χ1n) is 10.2. The molecule has 9 heteroatoms. The van der Waals surface area contributed by atoms with Crippen molar-refractivity contribution in [2.24, 2.45) is 17.8 Å².